The first-order valence-corrected chi connectivity index (χ1v) is 8.91. The predicted molar refractivity (Wildman–Crippen MR) is 100 cm³/mol. The van der Waals surface area contributed by atoms with Crippen LogP contribution in [0.15, 0.2) is 60.9 Å². The number of rotatable bonds is 6. The van der Waals surface area contributed by atoms with Crippen LogP contribution in [0.2, 0.25) is 0 Å². The molecule has 0 aliphatic rings. The molecule has 0 bridgehead atoms. The quantitative estimate of drug-likeness (QED) is 0.588. The van der Waals surface area contributed by atoms with Gasteiger partial charge in [0.25, 0.3) is 5.91 Å². The lowest BCUT2D eigenvalue weighted by atomic mass is 10.0. The Bertz CT molecular complexity index is 1010. The third kappa shape index (κ3) is 5.11. The van der Waals surface area contributed by atoms with E-state index in [1.807, 2.05) is 30.3 Å². The molecule has 0 aliphatic heterocycles. The van der Waals surface area contributed by atoms with Crippen LogP contribution in [-0.4, -0.2) is 15.9 Å². The van der Waals surface area contributed by atoms with Gasteiger partial charge in [0.2, 0.25) is 5.88 Å². The number of carbonyl (C=O) groups excluding carboxylic acids is 1. The van der Waals surface area contributed by atoms with Crippen LogP contribution in [0.3, 0.4) is 0 Å². The Morgan fingerprint density at radius 3 is 2.43 bits per heavy atom. The third-order valence-electron chi connectivity index (χ3n) is 4.24. The number of alkyl halides is 3. The lowest BCUT2D eigenvalue weighted by Crippen LogP contribution is -2.28. The van der Waals surface area contributed by atoms with Gasteiger partial charge < -0.3 is 10.1 Å². The number of nitrogens with zero attached hydrogens (tertiary/aromatic N) is 2. The van der Waals surface area contributed by atoms with Crippen LogP contribution in [0.5, 0.6) is 5.88 Å². The maximum atomic E-state index is 14.2. The number of halogens is 4. The predicted octanol–water partition coefficient (Wildman–Crippen LogP) is 4.70. The highest BCUT2D eigenvalue weighted by Crippen LogP contribution is 2.33. The molecule has 30 heavy (non-hydrogen) atoms. The SMILES string of the molecule is C[C@@H](NC(=O)c1cnc(OCc2ccccc2)cn1)c1cccc(C(F)(F)F)c1F. The minimum atomic E-state index is -4.83. The summed E-state index contributed by atoms with van der Waals surface area (Å²) in [6.07, 6.45) is -2.40. The van der Waals surface area contributed by atoms with Crippen LogP contribution in [0, 0.1) is 5.82 Å². The van der Waals surface area contributed by atoms with E-state index in [1.54, 1.807) is 0 Å². The minimum absolute atomic E-state index is 0.0821. The van der Waals surface area contributed by atoms with Crippen LogP contribution in [0.4, 0.5) is 17.6 Å². The summed E-state index contributed by atoms with van der Waals surface area (Å²) in [5.41, 5.74) is -0.825. The van der Waals surface area contributed by atoms with Crippen LogP contribution in [0.25, 0.3) is 0 Å². The Morgan fingerprint density at radius 2 is 1.80 bits per heavy atom. The molecular weight excluding hydrogens is 402 g/mol. The molecule has 0 spiro atoms. The van der Waals surface area contributed by atoms with Crippen molar-refractivity contribution >= 4 is 5.91 Å². The van der Waals surface area contributed by atoms with E-state index in [0.29, 0.717) is 6.07 Å². The second-order valence-corrected chi connectivity index (χ2v) is 6.42. The number of ether oxygens (including phenoxy) is 1. The maximum absolute atomic E-state index is 14.2. The second-order valence-electron chi connectivity index (χ2n) is 6.42. The molecular formula is C21H17F4N3O2. The molecule has 1 heterocycles. The van der Waals surface area contributed by atoms with E-state index in [4.69, 9.17) is 4.74 Å². The molecule has 0 saturated heterocycles. The van der Waals surface area contributed by atoms with Crippen LogP contribution < -0.4 is 10.1 Å². The van der Waals surface area contributed by atoms with Crippen LogP contribution in [0.1, 0.15) is 40.1 Å². The third-order valence-corrected chi connectivity index (χ3v) is 4.24. The van der Waals surface area contributed by atoms with E-state index in [9.17, 15) is 22.4 Å². The number of nitrogens with one attached hydrogen (secondary N) is 1. The molecule has 1 aromatic heterocycles. The van der Waals surface area contributed by atoms with Crippen molar-refractivity contribution in [1.82, 2.24) is 15.3 Å². The van der Waals surface area contributed by atoms with Gasteiger partial charge in [0, 0.05) is 5.56 Å². The average molecular weight is 419 g/mol. The minimum Gasteiger partial charge on any atom is -0.472 e. The lowest BCUT2D eigenvalue weighted by Gasteiger charge is -2.17. The van der Waals surface area contributed by atoms with Gasteiger partial charge in [0.1, 0.15) is 18.1 Å². The van der Waals surface area contributed by atoms with Gasteiger partial charge in [-0.1, -0.05) is 42.5 Å². The van der Waals surface area contributed by atoms with E-state index in [1.165, 1.54) is 25.4 Å². The van der Waals surface area contributed by atoms with Crippen molar-refractivity contribution in [2.75, 3.05) is 0 Å². The smallest absolute Gasteiger partial charge is 0.419 e. The molecule has 1 amide bonds. The molecule has 0 aliphatic carbocycles. The first-order chi connectivity index (χ1) is 14.3. The Labute approximate surface area is 169 Å². The highest BCUT2D eigenvalue weighted by atomic mass is 19.4. The molecule has 5 nitrogen and oxygen atoms in total. The Balaban J connectivity index is 1.64. The van der Waals surface area contributed by atoms with Crippen molar-refractivity contribution < 1.29 is 27.1 Å². The molecule has 1 atom stereocenters. The second kappa shape index (κ2) is 8.89. The summed E-state index contributed by atoms with van der Waals surface area (Å²) in [5, 5.41) is 2.42. The Hall–Kier alpha value is -3.49. The molecule has 0 radical (unpaired) electrons. The van der Waals surface area contributed by atoms with Crippen molar-refractivity contribution in [3.8, 4) is 5.88 Å². The summed E-state index contributed by atoms with van der Waals surface area (Å²) < 4.78 is 58.3. The van der Waals surface area contributed by atoms with Crippen molar-refractivity contribution in [1.29, 1.82) is 0 Å². The topological polar surface area (TPSA) is 64.1 Å². The number of hydrogen-bond acceptors (Lipinski definition) is 4. The van der Waals surface area contributed by atoms with Gasteiger partial charge in [-0.3, -0.25) is 4.79 Å². The molecule has 0 fully saturated rings. The average Bonchev–Trinajstić information content (AvgIpc) is 2.72. The zero-order valence-corrected chi connectivity index (χ0v) is 15.8. The van der Waals surface area contributed by atoms with E-state index in [-0.39, 0.29) is 23.7 Å². The summed E-state index contributed by atoms with van der Waals surface area (Å²) in [7, 11) is 0. The number of benzene rings is 2. The molecule has 0 unspecified atom stereocenters. The van der Waals surface area contributed by atoms with Crippen LogP contribution in [-0.2, 0) is 12.8 Å². The van der Waals surface area contributed by atoms with E-state index >= 15 is 0 Å². The largest absolute Gasteiger partial charge is 0.472 e. The molecule has 1 N–H and O–H groups in total. The lowest BCUT2D eigenvalue weighted by molar-refractivity contribution is -0.140. The summed E-state index contributed by atoms with van der Waals surface area (Å²) in [4.78, 5) is 20.2. The number of carbonyl (C=O) groups is 1. The van der Waals surface area contributed by atoms with E-state index in [0.717, 1.165) is 11.6 Å². The summed E-state index contributed by atoms with van der Waals surface area (Å²) in [6, 6.07) is 11.3. The van der Waals surface area contributed by atoms with Gasteiger partial charge in [0.15, 0.2) is 0 Å². The standard InChI is InChI=1S/C21H17F4N3O2/c1-13(15-8-5-9-16(19(15)22)21(23,24)25)28-20(29)17-10-27-18(11-26-17)30-12-14-6-3-2-4-7-14/h2-11,13H,12H2,1H3,(H,28,29)/t13-/m1/s1. The van der Waals surface area contributed by atoms with Crippen molar-refractivity contribution in [2.45, 2.75) is 25.7 Å². The van der Waals surface area contributed by atoms with E-state index in [2.05, 4.69) is 15.3 Å². The summed E-state index contributed by atoms with van der Waals surface area (Å²) in [5.74, 6) is -1.93. The fourth-order valence-corrected chi connectivity index (χ4v) is 2.69. The van der Waals surface area contributed by atoms with Gasteiger partial charge in [-0.15, -0.1) is 0 Å². The Kier molecular flexibility index (Phi) is 6.29. The molecule has 9 heteroatoms. The highest BCUT2D eigenvalue weighted by Gasteiger charge is 2.35. The molecule has 0 saturated carbocycles. The van der Waals surface area contributed by atoms with Gasteiger partial charge in [-0.05, 0) is 18.6 Å². The first-order valence-electron chi connectivity index (χ1n) is 8.91. The monoisotopic (exact) mass is 419 g/mol. The van der Waals surface area contributed by atoms with Crippen LogP contribution >= 0.6 is 0 Å². The zero-order valence-electron chi connectivity index (χ0n) is 15.8. The Morgan fingerprint density at radius 1 is 1.07 bits per heavy atom. The zero-order chi connectivity index (χ0) is 21.7. The summed E-state index contributed by atoms with van der Waals surface area (Å²) >= 11 is 0. The fraction of sp³-hybridized carbons (Fsp3) is 0.190. The molecule has 3 rings (SSSR count). The number of aromatic nitrogens is 2. The molecule has 2 aromatic carbocycles. The van der Waals surface area contributed by atoms with Gasteiger partial charge in [-0.25, -0.2) is 14.4 Å². The van der Waals surface area contributed by atoms with Crippen molar-refractivity contribution in [3.05, 3.63) is 89.1 Å². The number of amides is 1. The molecule has 156 valence electrons. The van der Waals surface area contributed by atoms with E-state index < -0.39 is 29.5 Å². The summed E-state index contributed by atoms with van der Waals surface area (Å²) in [6.45, 7) is 1.65. The number of hydrogen-bond donors (Lipinski definition) is 1. The highest BCUT2D eigenvalue weighted by molar-refractivity contribution is 5.92. The van der Waals surface area contributed by atoms with Gasteiger partial charge in [-0.2, -0.15) is 13.2 Å². The van der Waals surface area contributed by atoms with Gasteiger partial charge >= 0.3 is 6.18 Å². The maximum Gasteiger partial charge on any atom is 0.419 e. The van der Waals surface area contributed by atoms with Crippen molar-refractivity contribution in [2.24, 2.45) is 0 Å². The fourth-order valence-electron chi connectivity index (χ4n) is 2.69. The normalized spacial score (nSPS) is 12.3. The first kappa shape index (κ1) is 21.2. The van der Waals surface area contributed by atoms with Crippen molar-refractivity contribution in [3.63, 3.8) is 0 Å². The van der Waals surface area contributed by atoms with Gasteiger partial charge in [0.05, 0.1) is 24.0 Å². The molecule has 3 aromatic rings.